The van der Waals surface area contributed by atoms with Gasteiger partial charge in [0.05, 0.1) is 60.0 Å². The van der Waals surface area contributed by atoms with Crippen LogP contribution in [0.25, 0.3) is 0 Å². The van der Waals surface area contributed by atoms with Crippen LogP contribution in [0.4, 0.5) is 0 Å². The molecular formula is C63H106O10. The monoisotopic (exact) mass is 1020 g/mol. The van der Waals surface area contributed by atoms with Gasteiger partial charge in [-0.15, -0.1) is 0 Å². The fourth-order valence-electron chi connectivity index (χ4n) is 25.2. The lowest BCUT2D eigenvalue weighted by Gasteiger charge is -2.64. The second-order valence-electron chi connectivity index (χ2n) is 32.0. The summed E-state index contributed by atoms with van der Waals surface area (Å²) < 4.78 is 32.0. The first kappa shape index (κ1) is 54.6. The van der Waals surface area contributed by atoms with Crippen molar-refractivity contribution in [2.45, 2.75) is 272 Å². The molecule has 4 spiro atoms. The summed E-state index contributed by atoms with van der Waals surface area (Å²) in [5.74, 6) is 4.04. The van der Waals surface area contributed by atoms with Crippen LogP contribution >= 0.6 is 0 Å². The van der Waals surface area contributed by atoms with Gasteiger partial charge in [0.1, 0.15) is 12.2 Å². The van der Waals surface area contributed by atoms with Crippen molar-refractivity contribution < 1.29 is 49.2 Å². The van der Waals surface area contributed by atoms with Gasteiger partial charge in [-0.05, 0) is 221 Å². The van der Waals surface area contributed by atoms with E-state index >= 15 is 0 Å². The third-order valence-electron chi connectivity index (χ3n) is 28.4. The van der Waals surface area contributed by atoms with Gasteiger partial charge < -0.3 is 49.2 Å². The maximum Gasteiger partial charge on any atom is 0.111 e. The van der Waals surface area contributed by atoms with Gasteiger partial charge in [-0.3, -0.25) is 0 Å². The molecule has 12 aliphatic rings. The summed E-state index contributed by atoms with van der Waals surface area (Å²) in [6, 6.07) is 0. The first-order valence-corrected chi connectivity index (χ1v) is 30.2. The van der Waals surface area contributed by atoms with E-state index in [4.69, 9.17) is 23.7 Å². The summed E-state index contributed by atoms with van der Waals surface area (Å²) in [6.45, 7) is 31.3. The molecule has 26 atom stereocenters. The fourth-order valence-corrected chi connectivity index (χ4v) is 25.2. The predicted molar refractivity (Wildman–Crippen MR) is 283 cm³/mol. The van der Waals surface area contributed by atoms with E-state index in [1.54, 1.807) is 34.8 Å². The smallest absolute Gasteiger partial charge is 0.111 e. The Kier molecular flexibility index (Phi) is 12.4. The van der Waals surface area contributed by atoms with Gasteiger partial charge in [-0.1, -0.05) is 69.2 Å². The van der Waals surface area contributed by atoms with Crippen molar-refractivity contribution in [3.05, 3.63) is 0 Å². The highest BCUT2D eigenvalue weighted by Gasteiger charge is 2.87. The minimum Gasteiger partial charge on any atom is -0.393 e. The quantitative estimate of drug-likeness (QED) is 0.167. The van der Waals surface area contributed by atoms with Crippen LogP contribution in [-0.4, -0.2) is 119 Å². The Morgan fingerprint density at radius 2 is 1.00 bits per heavy atom. The third kappa shape index (κ3) is 6.58. The molecule has 10 aliphatic carbocycles. The molecule has 12 rings (SSSR count). The maximum absolute atomic E-state index is 12.3. The Bertz CT molecular complexity index is 2130. The molecular weight excluding hydrogens is 917 g/mol. The average molecular weight is 1020 g/mol. The maximum atomic E-state index is 12.3. The van der Waals surface area contributed by atoms with Gasteiger partial charge in [0.2, 0.25) is 0 Å². The van der Waals surface area contributed by atoms with Crippen molar-refractivity contribution in [3.8, 4) is 0 Å². The molecule has 10 heteroatoms. The average Bonchev–Trinajstić information content (AvgIpc) is 4.14. The minimum absolute atomic E-state index is 0.0152. The minimum atomic E-state index is -1.18. The Balaban J connectivity index is 0.000000157. The van der Waals surface area contributed by atoms with Crippen LogP contribution in [0.3, 0.4) is 0 Å². The Morgan fingerprint density at radius 3 is 1.52 bits per heavy atom. The van der Waals surface area contributed by atoms with E-state index in [0.717, 1.165) is 44.4 Å². The van der Waals surface area contributed by atoms with Crippen LogP contribution < -0.4 is 0 Å². The third-order valence-corrected chi connectivity index (χ3v) is 28.4. The number of ether oxygens (including phenoxy) is 5. The molecule has 0 aromatic rings. The lowest BCUT2D eigenvalue weighted by Crippen LogP contribution is -2.60. The lowest BCUT2D eigenvalue weighted by molar-refractivity contribution is -0.209. The van der Waals surface area contributed by atoms with Gasteiger partial charge in [0, 0.05) is 32.2 Å². The summed E-state index contributed by atoms with van der Waals surface area (Å²) >= 11 is 0. The molecule has 2 saturated heterocycles. The second kappa shape index (κ2) is 16.6. The van der Waals surface area contributed by atoms with Gasteiger partial charge in [0.15, 0.2) is 0 Å². The van der Waals surface area contributed by atoms with Crippen LogP contribution in [0.1, 0.15) is 200 Å². The molecule has 418 valence electrons. The molecule has 5 N–H and O–H groups in total. The molecule has 0 aromatic carbocycles. The van der Waals surface area contributed by atoms with E-state index < -0.39 is 29.5 Å². The standard InChI is InChI=1S/C32H54O5.C31H52O5/c1-18-16-19(25(33)28(4,5)34)37-24-23(18)29(6)14-15-32-17-31(32)13-12-22(35-8)27(2,3)20(31)10-11-21(32)30(29,7)26(24)36-9;1-17-15-18(25(35-8)27(4,5)34)36-23-22(17)28(6)13-14-31-16-30(31)12-11-21(32)26(2,3)19(30)9-10-20(31)29(28,7)24(23)33/h18-26,33-34H,10-17H2,1-9H3;17-25,32-34H,9-16H2,1-8H3/t18-,19-,20+,21+,22+,23+,24+,25+,26+,29-,30-,31-,32+;17-,18-,19+,20+,21+,22+,23+,24+,25+,28-,29-,30-,31+/m11/s1. The summed E-state index contributed by atoms with van der Waals surface area (Å²) in [4.78, 5) is 0. The number of rotatable bonds is 7. The number of aliphatic hydroxyl groups excluding tert-OH is 3. The highest BCUT2D eigenvalue weighted by Crippen LogP contribution is 2.91. The summed E-state index contributed by atoms with van der Waals surface area (Å²) in [6.07, 6.45) is 16.4. The number of fused-ring (bicyclic) bond motifs is 8. The molecule has 0 radical (unpaired) electrons. The van der Waals surface area contributed by atoms with E-state index in [2.05, 4.69) is 69.2 Å². The molecule has 2 aliphatic heterocycles. The van der Waals surface area contributed by atoms with Crippen molar-refractivity contribution in [1.29, 1.82) is 0 Å². The van der Waals surface area contributed by atoms with Gasteiger partial charge in [-0.25, -0.2) is 0 Å². The number of aliphatic hydroxyl groups is 5. The zero-order valence-corrected chi connectivity index (χ0v) is 49.0. The molecule has 0 amide bonds. The summed E-state index contributed by atoms with van der Waals surface area (Å²) in [7, 11) is 5.47. The zero-order valence-electron chi connectivity index (χ0n) is 49.0. The molecule has 0 bridgehead atoms. The van der Waals surface area contributed by atoms with Crippen molar-refractivity contribution in [2.24, 2.45) is 101 Å². The van der Waals surface area contributed by atoms with E-state index in [1.807, 2.05) is 14.2 Å². The Labute approximate surface area is 442 Å². The van der Waals surface area contributed by atoms with Gasteiger partial charge >= 0.3 is 0 Å². The van der Waals surface area contributed by atoms with Crippen LogP contribution in [0.2, 0.25) is 0 Å². The van der Waals surface area contributed by atoms with Crippen LogP contribution in [0.15, 0.2) is 0 Å². The van der Waals surface area contributed by atoms with E-state index in [1.165, 1.54) is 64.2 Å². The predicted octanol–water partition coefficient (Wildman–Crippen LogP) is 10.5. The SMILES string of the molecule is CO[C@@H]([C@H]1C[C@@H](C)[C@H]2[C@H](O1)[C@H](O)[C@@]1(C)[C@@H]3CC[C@H]4C(C)(C)[C@@H](O)CC[C@@]45C[C@@]35CC[C@]21C)C(C)(C)O.CO[C@H]1CC[C@]23C[C@]24CC[C@]2(C)[C@@H]5[C@H](O[C@@H]([C@H](O)C(C)(C)O)C[C@H]5C)[C@H](OC)[C@@]2(C)[C@@H]4CC[C@H]3C1(C)C. The van der Waals surface area contributed by atoms with Gasteiger partial charge in [0.25, 0.3) is 0 Å². The van der Waals surface area contributed by atoms with Gasteiger partial charge in [-0.2, -0.15) is 0 Å². The number of hydrogen-bond acceptors (Lipinski definition) is 10. The largest absolute Gasteiger partial charge is 0.393 e. The molecule has 0 unspecified atom stereocenters. The number of methoxy groups -OCH3 is 3. The van der Waals surface area contributed by atoms with E-state index in [-0.39, 0.29) is 69.1 Å². The normalized spacial score (nSPS) is 57.5. The van der Waals surface area contributed by atoms with Crippen LogP contribution in [0, 0.1) is 101 Å². The zero-order chi connectivity index (χ0) is 53.2. The summed E-state index contributed by atoms with van der Waals surface area (Å²) in [5, 5.41) is 55.6. The first-order valence-electron chi connectivity index (χ1n) is 30.2. The van der Waals surface area contributed by atoms with E-state index in [0.29, 0.717) is 69.2 Å². The molecule has 0 aromatic heterocycles. The molecule has 2 heterocycles. The summed E-state index contributed by atoms with van der Waals surface area (Å²) in [5.41, 5.74) is -0.370. The first-order chi connectivity index (χ1) is 33.8. The highest BCUT2D eigenvalue weighted by atomic mass is 16.6. The fraction of sp³-hybridized carbons (Fsp3) is 1.00. The lowest BCUT2D eigenvalue weighted by atomic mass is 9.41. The Hall–Kier alpha value is -0.400. The molecule has 10 nitrogen and oxygen atoms in total. The van der Waals surface area contributed by atoms with Crippen LogP contribution in [0.5, 0.6) is 0 Å². The molecule has 10 saturated carbocycles. The molecule has 12 fully saturated rings. The van der Waals surface area contributed by atoms with E-state index in [9.17, 15) is 25.5 Å². The topological polar surface area (TPSA) is 147 Å². The Morgan fingerprint density at radius 1 is 0.534 bits per heavy atom. The second-order valence-corrected chi connectivity index (χ2v) is 32.0. The van der Waals surface area contributed by atoms with Crippen molar-refractivity contribution in [2.75, 3.05) is 21.3 Å². The number of hydrogen-bond donors (Lipinski definition) is 5. The van der Waals surface area contributed by atoms with Crippen LogP contribution in [-0.2, 0) is 23.7 Å². The highest BCUT2D eigenvalue weighted by molar-refractivity contribution is 5.35. The van der Waals surface area contributed by atoms with Crippen molar-refractivity contribution in [1.82, 2.24) is 0 Å². The molecule has 73 heavy (non-hydrogen) atoms. The van der Waals surface area contributed by atoms with Crippen molar-refractivity contribution in [3.63, 3.8) is 0 Å². The van der Waals surface area contributed by atoms with Crippen molar-refractivity contribution >= 4 is 0 Å².